The van der Waals surface area contributed by atoms with Gasteiger partial charge in [-0.1, -0.05) is 23.7 Å². The number of hydrogen-bond acceptors (Lipinski definition) is 6. The third kappa shape index (κ3) is 3.66. The molecular weight excluding hydrogens is 332 g/mol. The lowest BCUT2D eigenvalue weighted by Crippen LogP contribution is -2.21. The normalized spacial score (nSPS) is 11.9. The predicted molar refractivity (Wildman–Crippen MR) is 89.0 cm³/mol. The monoisotopic (exact) mass is 344 g/mol. The summed E-state index contributed by atoms with van der Waals surface area (Å²) >= 11 is 5.94. The van der Waals surface area contributed by atoms with Gasteiger partial charge in [0.1, 0.15) is 12.4 Å². The summed E-state index contributed by atoms with van der Waals surface area (Å²) in [6.07, 6.45) is 5.89. The Morgan fingerprint density at radius 1 is 1.25 bits per heavy atom. The summed E-state index contributed by atoms with van der Waals surface area (Å²) in [7, 11) is 0. The molecule has 0 aliphatic rings. The average Bonchev–Trinajstić information content (AvgIpc) is 3.11. The number of hydrogen-bond donors (Lipinski definition) is 1. The van der Waals surface area contributed by atoms with Crippen molar-refractivity contribution in [3.05, 3.63) is 75.8 Å². The van der Waals surface area contributed by atoms with E-state index in [9.17, 15) is 10.1 Å². The predicted octanol–water partition coefficient (Wildman–Crippen LogP) is 2.94. The van der Waals surface area contributed by atoms with Crippen LogP contribution in [0.2, 0.25) is 5.02 Å². The summed E-state index contributed by atoms with van der Waals surface area (Å²) < 4.78 is 1.81. The van der Waals surface area contributed by atoms with Crippen molar-refractivity contribution < 1.29 is 4.92 Å². The molecule has 3 aromatic rings. The Labute approximate surface area is 142 Å². The van der Waals surface area contributed by atoms with Crippen molar-refractivity contribution in [3.8, 4) is 0 Å². The van der Waals surface area contributed by atoms with Gasteiger partial charge in [0.15, 0.2) is 0 Å². The first kappa shape index (κ1) is 15.9. The molecule has 0 unspecified atom stereocenters. The van der Waals surface area contributed by atoms with Crippen molar-refractivity contribution in [3.63, 3.8) is 0 Å². The molecule has 0 fully saturated rings. The minimum absolute atomic E-state index is 0.101. The van der Waals surface area contributed by atoms with E-state index >= 15 is 0 Å². The van der Waals surface area contributed by atoms with Crippen LogP contribution in [0.25, 0.3) is 0 Å². The zero-order chi connectivity index (χ0) is 16.9. The van der Waals surface area contributed by atoms with E-state index in [1.165, 1.54) is 12.4 Å². The third-order valence-electron chi connectivity index (χ3n) is 3.40. The van der Waals surface area contributed by atoms with Gasteiger partial charge in [0.25, 0.3) is 0 Å². The molecule has 0 spiro atoms. The first-order valence-electron chi connectivity index (χ1n) is 7.08. The first-order chi connectivity index (χ1) is 11.6. The molecule has 0 aliphatic heterocycles. The van der Waals surface area contributed by atoms with Crippen LogP contribution < -0.4 is 5.32 Å². The van der Waals surface area contributed by atoms with Crippen LogP contribution in [0.3, 0.4) is 0 Å². The van der Waals surface area contributed by atoms with E-state index in [0.717, 1.165) is 5.56 Å². The lowest BCUT2D eigenvalue weighted by Gasteiger charge is -2.19. The molecule has 9 heteroatoms. The van der Waals surface area contributed by atoms with Gasteiger partial charge in [-0.05, 0) is 23.8 Å². The Morgan fingerprint density at radius 2 is 1.96 bits per heavy atom. The van der Waals surface area contributed by atoms with Crippen molar-refractivity contribution >= 4 is 23.2 Å². The second-order valence-electron chi connectivity index (χ2n) is 4.96. The molecule has 0 amide bonds. The Balaban J connectivity index is 1.77. The Hall–Kier alpha value is -3.00. The van der Waals surface area contributed by atoms with Gasteiger partial charge in [-0.15, -0.1) is 0 Å². The molecule has 1 atom stereocenters. The molecule has 0 radical (unpaired) electrons. The van der Waals surface area contributed by atoms with Crippen molar-refractivity contribution in [1.29, 1.82) is 0 Å². The number of nitrogens with zero attached hydrogens (tertiary/aromatic N) is 5. The molecule has 0 saturated carbocycles. The lowest BCUT2D eigenvalue weighted by atomic mass is 10.1. The summed E-state index contributed by atoms with van der Waals surface area (Å²) in [6.45, 7) is 0.459. The highest BCUT2D eigenvalue weighted by molar-refractivity contribution is 6.30. The van der Waals surface area contributed by atoms with Crippen LogP contribution in [0.1, 0.15) is 11.6 Å². The molecular formula is C15H13ClN6O2. The maximum atomic E-state index is 10.6. The minimum Gasteiger partial charge on any atom is -0.352 e. The van der Waals surface area contributed by atoms with E-state index < -0.39 is 4.92 Å². The number of nitro groups is 1. The summed E-state index contributed by atoms with van der Waals surface area (Å²) in [5, 5.41) is 18.6. The molecule has 1 N–H and O–H groups in total. The molecule has 24 heavy (non-hydrogen) atoms. The number of rotatable bonds is 6. The highest BCUT2D eigenvalue weighted by Crippen LogP contribution is 2.20. The summed E-state index contributed by atoms with van der Waals surface area (Å²) in [5.41, 5.74) is 0.861. The fourth-order valence-electron chi connectivity index (χ4n) is 2.21. The molecule has 3 rings (SSSR count). The van der Waals surface area contributed by atoms with E-state index in [0.29, 0.717) is 17.5 Å². The molecule has 2 aromatic heterocycles. The van der Waals surface area contributed by atoms with Crippen LogP contribution in [-0.4, -0.2) is 31.2 Å². The van der Waals surface area contributed by atoms with Crippen LogP contribution in [0.5, 0.6) is 0 Å². The summed E-state index contributed by atoms with van der Waals surface area (Å²) in [6, 6.07) is 9.22. The lowest BCUT2D eigenvalue weighted by molar-refractivity contribution is -0.385. The fourth-order valence-corrected chi connectivity index (χ4v) is 2.33. The molecule has 2 heterocycles. The van der Waals surface area contributed by atoms with Crippen molar-refractivity contribution in [2.24, 2.45) is 0 Å². The third-order valence-corrected chi connectivity index (χ3v) is 3.65. The largest absolute Gasteiger partial charge is 0.352 e. The van der Waals surface area contributed by atoms with Crippen LogP contribution in [0, 0.1) is 10.1 Å². The fraction of sp³-hybridized carbons (Fsp3) is 0.133. The zero-order valence-corrected chi connectivity index (χ0v) is 13.2. The highest BCUT2D eigenvalue weighted by atomic mass is 35.5. The van der Waals surface area contributed by atoms with Crippen molar-refractivity contribution in [1.82, 2.24) is 19.7 Å². The van der Waals surface area contributed by atoms with E-state index in [2.05, 4.69) is 20.4 Å². The maximum Gasteiger partial charge on any atom is 0.305 e. The van der Waals surface area contributed by atoms with Crippen LogP contribution in [0.4, 0.5) is 11.6 Å². The van der Waals surface area contributed by atoms with Crippen LogP contribution in [-0.2, 0) is 0 Å². The molecule has 0 bridgehead atoms. The average molecular weight is 345 g/mol. The summed E-state index contributed by atoms with van der Waals surface area (Å²) in [4.78, 5) is 18.0. The zero-order valence-electron chi connectivity index (χ0n) is 12.4. The second-order valence-corrected chi connectivity index (χ2v) is 5.39. The quantitative estimate of drug-likeness (QED) is 0.545. The van der Waals surface area contributed by atoms with Crippen molar-refractivity contribution in [2.75, 3.05) is 11.9 Å². The van der Waals surface area contributed by atoms with E-state index in [1.54, 1.807) is 6.20 Å². The molecule has 0 saturated heterocycles. The van der Waals surface area contributed by atoms with Crippen molar-refractivity contribution in [2.45, 2.75) is 6.04 Å². The van der Waals surface area contributed by atoms with Gasteiger partial charge in [-0.25, -0.2) is 9.97 Å². The number of aromatic nitrogens is 4. The van der Waals surface area contributed by atoms with Gasteiger partial charge in [0, 0.05) is 24.0 Å². The maximum absolute atomic E-state index is 10.6. The smallest absolute Gasteiger partial charge is 0.305 e. The standard InChI is InChI=1S/C15H13ClN6O2/c16-12-4-2-11(3-5-12)14(21-7-1-6-20-21)10-19-15-17-8-13(9-18-15)22(23)24/h1-9,14H,10H2,(H,17,18,19)/t14-/m0/s1. The number of nitrogens with one attached hydrogen (secondary N) is 1. The number of benzene rings is 1. The number of anilines is 1. The van der Waals surface area contributed by atoms with Gasteiger partial charge in [0.05, 0.1) is 11.0 Å². The first-order valence-corrected chi connectivity index (χ1v) is 7.46. The molecule has 1 aromatic carbocycles. The Morgan fingerprint density at radius 3 is 2.54 bits per heavy atom. The van der Waals surface area contributed by atoms with Crippen LogP contribution in [0.15, 0.2) is 55.1 Å². The molecule has 8 nitrogen and oxygen atoms in total. The van der Waals surface area contributed by atoms with E-state index in [-0.39, 0.29) is 11.7 Å². The summed E-state index contributed by atoms with van der Waals surface area (Å²) in [5.74, 6) is 0.312. The van der Waals surface area contributed by atoms with Gasteiger partial charge < -0.3 is 5.32 Å². The van der Waals surface area contributed by atoms with Gasteiger partial charge in [0.2, 0.25) is 5.95 Å². The Bertz CT molecular complexity index is 805. The SMILES string of the molecule is O=[N+]([O-])c1cnc(NC[C@@H](c2ccc(Cl)cc2)n2cccn2)nc1. The second kappa shape index (κ2) is 7.05. The van der Waals surface area contributed by atoms with E-state index in [4.69, 9.17) is 11.6 Å². The highest BCUT2D eigenvalue weighted by Gasteiger charge is 2.15. The minimum atomic E-state index is -0.538. The van der Waals surface area contributed by atoms with E-state index in [1.807, 2.05) is 41.2 Å². The van der Waals surface area contributed by atoms with Gasteiger partial charge in [-0.2, -0.15) is 5.10 Å². The number of halogens is 1. The van der Waals surface area contributed by atoms with Crippen LogP contribution >= 0.6 is 11.6 Å². The Kier molecular flexibility index (Phi) is 4.66. The molecule has 0 aliphatic carbocycles. The molecule has 122 valence electrons. The van der Waals surface area contributed by atoms with Gasteiger partial charge >= 0.3 is 5.69 Å². The van der Waals surface area contributed by atoms with Gasteiger partial charge in [-0.3, -0.25) is 14.8 Å². The topological polar surface area (TPSA) is 98.8 Å².